The van der Waals surface area contributed by atoms with Crippen LogP contribution in [0.25, 0.3) is 0 Å². The Hall–Kier alpha value is -1.49. The lowest BCUT2D eigenvalue weighted by Gasteiger charge is -2.09. The number of nitriles is 1. The van der Waals surface area contributed by atoms with Gasteiger partial charge in [0.2, 0.25) is 0 Å². The normalized spacial score (nSPS) is 11.8. The monoisotopic (exact) mass is 203 g/mol. The standard InChI is InChI=1S/C13H17NO/c1-3-5-12(10-14)11-6-8-13(9-7-11)15-4-2/h6-9,12H,3-5H2,1-2H3. The van der Waals surface area contributed by atoms with Crippen molar-refractivity contribution in [3.8, 4) is 11.8 Å². The summed E-state index contributed by atoms with van der Waals surface area (Å²) >= 11 is 0. The second kappa shape index (κ2) is 6.08. The molecule has 1 rings (SSSR count). The second-order valence-corrected chi connectivity index (χ2v) is 3.47. The van der Waals surface area contributed by atoms with Crippen molar-refractivity contribution in [3.05, 3.63) is 29.8 Å². The van der Waals surface area contributed by atoms with E-state index in [1.54, 1.807) is 0 Å². The summed E-state index contributed by atoms with van der Waals surface area (Å²) < 4.78 is 5.35. The molecule has 0 spiro atoms. The highest BCUT2D eigenvalue weighted by molar-refractivity contribution is 5.31. The Morgan fingerprint density at radius 2 is 1.93 bits per heavy atom. The Labute approximate surface area is 91.5 Å². The third-order valence-electron chi connectivity index (χ3n) is 2.33. The minimum atomic E-state index is 0.0191. The number of benzene rings is 1. The smallest absolute Gasteiger partial charge is 0.119 e. The fourth-order valence-corrected chi connectivity index (χ4v) is 1.56. The zero-order valence-corrected chi connectivity index (χ0v) is 9.36. The van der Waals surface area contributed by atoms with Crippen molar-refractivity contribution in [2.75, 3.05) is 6.61 Å². The van der Waals surface area contributed by atoms with Crippen LogP contribution in [0.4, 0.5) is 0 Å². The predicted octanol–water partition coefficient (Wildman–Crippen LogP) is 3.49. The van der Waals surface area contributed by atoms with Gasteiger partial charge in [-0.05, 0) is 31.0 Å². The van der Waals surface area contributed by atoms with Crippen LogP contribution in [0.2, 0.25) is 0 Å². The molecule has 2 nitrogen and oxygen atoms in total. The van der Waals surface area contributed by atoms with Crippen LogP contribution in [0.5, 0.6) is 5.75 Å². The van der Waals surface area contributed by atoms with Gasteiger partial charge in [-0.15, -0.1) is 0 Å². The number of hydrogen-bond donors (Lipinski definition) is 0. The Kier molecular flexibility index (Phi) is 4.70. The molecule has 1 atom stereocenters. The Morgan fingerprint density at radius 1 is 1.27 bits per heavy atom. The van der Waals surface area contributed by atoms with Crippen LogP contribution in [0, 0.1) is 11.3 Å². The average Bonchev–Trinajstić information content (AvgIpc) is 2.28. The molecule has 0 aromatic heterocycles. The molecule has 0 aliphatic rings. The van der Waals surface area contributed by atoms with Crippen molar-refractivity contribution in [1.29, 1.82) is 5.26 Å². The molecule has 0 fully saturated rings. The molecule has 0 radical (unpaired) electrons. The van der Waals surface area contributed by atoms with Gasteiger partial charge < -0.3 is 4.74 Å². The summed E-state index contributed by atoms with van der Waals surface area (Å²) in [5.41, 5.74) is 1.09. The lowest BCUT2D eigenvalue weighted by molar-refractivity contribution is 0.340. The first kappa shape index (κ1) is 11.6. The van der Waals surface area contributed by atoms with Crippen molar-refractivity contribution >= 4 is 0 Å². The summed E-state index contributed by atoms with van der Waals surface area (Å²) in [7, 11) is 0. The molecule has 0 saturated carbocycles. The topological polar surface area (TPSA) is 33.0 Å². The third kappa shape index (κ3) is 3.28. The van der Waals surface area contributed by atoms with Crippen LogP contribution in [0.1, 0.15) is 38.2 Å². The van der Waals surface area contributed by atoms with E-state index in [-0.39, 0.29) is 5.92 Å². The van der Waals surface area contributed by atoms with Gasteiger partial charge in [-0.2, -0.15) is 5.26 Å². The predicted molar refractivity (Wildman–Crippen MR) is 60.9 cm³/mol. The van der Waals surface area contributed by atoms with Crippen molar-refractivity contribution < 1.29 is 4.74 Å². The first-order valence-electron chi connectivity index (χ1n) is 5.44. The molecule has 0 aliphatic heterocycles. The molecule has 0 N–H and O–H groups in total. The number of ether oxygens (including phenoxy) is 1. The van der Waals surface area contributed by atoms with Crippen molar-refractivity contribution in [2.24, 2.45) is 0 Å². The summed E-state index contributed by atoms with van der Waals surface area (Å²) in [6, 6.07) is 10.2. The maximum Gasteiger partial charge on any atom is 0.119 e. The van der Waals surface area contributed by atoms with Gasteiger partial charge in [-0.3, -0.25) is 0 Å². The minimum Gasteiger partial charge on any atom is -0.494 e. The summed E-state index contributed by atoms with van der Waals surface area (Å²) in [5.74, 6) is 0.889. The lowest BCUT2D eigenvalue weighted by atomic mass is 9.96. The van der Waals surface area contributed by atoms with E-state index in [2.05, 4.69) is 13.0 Å². The highest BCUT2D eigenvalue weighted by atomic mass is 16.5. The highest BCUT2D eigenvalue weighted by Gasteiger charge is 2.08. The molecule has 15 heavy (non-hydrogen) atoms. The molecular weight excluding hydrogens is 186 g/mol. The molecule has 0 bridgehead atoms. The van der Waals surface area contributed by atoms with Crippen LogP contribution >= 0.6 is 0 Å². The summed E-state index contributed by atoms with van der Waals surface area (Å²) in [5, 5.41) is 9.00. The van der Waals surface area contributed by atoms with E-state index in [1.165, 1.54) is 0 Å². The summed E-state index contributed by atoms with van der Waals surface area (Å²) in [6.45, 7) is 4.73. The zero-order valence-electron chi connectivity index (χ0n) is 9.36. The molecule has 1 aromatic rings. The molecule has 0 aliphatic carbocycles. The zero-order chi connectivity index (χ0) is 11.1. The van der Waals surface area contributed by atoms with Gasteiger partial charge in [0.25, 0.3) is 0 Å². The number of nitrogens with zero attached hydrogens (tertiary/aromatic N) is 1. The van der Waals surface area contributed by atoms with Gasteiger partial charge in [0.15, 0.2) is 0 Å². The highest BCUT2D eigenvalue weighted by Crippen LogP contribution is 2.22. The molecule has 0 saturated heterocycles. The number of rotatable bonds is 5. The van der Waals surface area contributed by atoms with Crippen LogP contribution in [0.15, 0.2) is 24.3 Å². The van der Waals surface area contributed by atoms with Crippen LogP contribution in [0.3, 0.4) is 0 Å². The van der Waals surface area contributed by atoms with E-state index in [1.807, 2.05) is 31.2 Å². The van der Waals surface area contributed by atoms with Gasteiger partial charge in [0.05, 0.1) is 18.6 Å². The fraction of sp³-hybridized carbons (Fsp3) is 0.462. The molecule has 2 heteroatoms. The second-order valence-electron chi connectivity index (χ2n) is 3.47. The van der Waals surface area contributed by atoms with E-state index in [0.29, 0.717) is 6.61 Å². The van der Waals surface area contributed by atoms with Gasteiger partial charge in [-0.1, -0.05) is 25.5 Å². The maximum atomic E-state index is 9.00. The molecule has 1 unspecified atom stereocenters. The van der Waals surface area contributed by atoms with Crippen molar-refractivity contribution in [3.63, 3.8) is 0 Å². The van der Waals surface area contributed by atoms with Crippen LogP contribution in [-0.2, 0) is 0 Å². The summed E-state index contributed by atoms with van der Waals surface area (Å²) in [4.78, 5) is 0. The molecular formula is C13H17NO. The first-order chi connectivity index (χ1) is 7.31. The fourth-order valence-electron chi connectivity index (χ4n) is 1.56. The lowest BCUT2D eigenvalue weighted by Crippen LogP contribution is -1.96. The van der Waals surface area contributed by atoms with E-state index < -0.39 is 0 Å². The molecule has 0 amide bonds. The van der Waals surface area contributed by atoms with Gasteiger partial charge in [-0.25, -0.2) is 0 Å². The molecule has 80 valence electrons. The van der Waals surface area contributed by atoms with E-state index in [4.69, 9.17) is 10.00 Å². The minimum absolute atomic E-state index is 0.0191. The van der Waals surface area contributed by atoms with E-state index >= 15 is 0 Å². The first-order valence-corrected chi connectivity index (χ1v) is 5.44. The van der Waals surface area contributed by atoms with Crippen LogP contribution in [-0.4, -0.2) is 6.61 Å². The Morgan fingerprint density at radius 3 is 2.40 bits per heavy atom. The summed E-state index contributed by atoms with van der Waals surface area (Å²) in [6.07, 6.45) is 1.95. The van der Waals surface area contributed by atoms with Gasteiger partial charge >= 0.3 is 0 Å². The van der Waals surface area contributed by atoms with Crippen LogP contribution < -0.4 is 4.74 Å². The average molecular weight is 203 g/mol. The van der Waals surface area contributed by atoms with Crippen molar-refractivity contribution in [2.45, 2.75) is 32.6 Å². The third-order valence-corrected chi connectivity index (χ3v) is 2.33. The molecule has 1 aromatic carbocycles. The quantitative estimate of drug-likeness (QED) is 0.733. The maximum absolute atomic E-state index is 9.00. The van der Waals surface area contributed by atoms with Gasteiger partial charge in [0, 0.05) is 0 Å². The van der Waals surface area contributed by atoms with E-state index in [0.717, 1.165) is 24.2 Å². The SMILES string of the molecule is CCCC(C#N)c1ccc(OCC)cc1. The largest absolute Gasteiger partial charge is 0.494 e. The Bertz CT molecular complexity index is 323. The van der Waals surface area contributed by atoms with Gasteiger partial charge in [0.1, 0.15) is 5.75 Å². The van der Waals surface area contributed by atoms with E-state index in [9.17, 15) is 0 Å². The Balaban J connectivity index is 2.74. The number of hydrogen-bond acceptors (Lipinski definition) is 2. The molecule has 0 heterocycles. The van der Waals surface area contributed by atoms with Crippen molar-refractivity contribution in [1.82, 2.24) is 0 Å².